The first-order valence-electron chi connectivity index (χ1n) is 15.1. The number of carboxylic acids is 1. The number of likely N-dealkylation sites (tertiary alicyclic amines) is 2. The van der Waals surface area contributed by atoms with E-state index in [1.165, 1.54) is 27.7 Å². The van der Waals surface area contributed by atoms with Crippen molar-refractivity contribution in [3.63, 3.8) is 0 Å². The van der Waals surface area contributed by atoms with E-state index in [0.717, 1.165) is 39.0 Å². The fraction of sp³-hybridized carbons (Fsp3) is 0.741. The van der Waals surface area contributed by atoms with Crippen molar-refractivity contribution in [2.24, 2.45) is 23.5 Å². The fourth-order valence-electron chi connectivity index (χ4n) is 7.77. The van der Waals surface area contributed by atoms with E-state index in [-0.39, 0.29) is 59.3 Å². The number of thioether (sulfide) groups is 1. The molecule has 0 saturated carbocycles. The normalized spacial score (nSPS) is 32.9. The van der Waals surface area contributed by atoms with Crippen LogP contribution < -0.4 is 16.4 Å². The third-order valence-corrected chi connectivity index (χ3v) is 11.3. The predicted octanol–water partition coefficient (Wildman–Crippen LogP) is -1.70. The molecule has 6 rings (SSSR count). The minimum atomic E-state index is -1.14. The van der Waals surface area contributed by atoms with Crippen molar-refractivity contribution in [3.05, 3.63) is 16.9 Å². The van der Waals surface area contributed by atoms with Gasteiger partial charge in [0, 0.05) is 67.4 Å². The molecule has 15 nitrogen and oxygen atoms in total. The van der Waals surface area contributed by atoms with Crippen LogP contribution in [0.15, 0.2) is 16.9 Å². The lowest BCUT2D eigenvalue weighted by Crippen LogP contribution is -2.66. The van der Waals surface area contributed by atoms with Gasteiger partial charge in [-0.3, -0.25) is 14.4 Å². The standard InChI is InChI=1S/C27H40N10O5S/c1-14-22-21(15(2)31-20(38)12-35-13-30-32-33-35)26(40)37(22)23(27(41)42)24(14)43-17-9-18(29-10-17)25(39)36-7-3-16-11-34(8-5-28)6-4-19(16)36/h13-19,21-22,29H,3-12,28H2,1-2H3,(H,31,38)(H,41,42)/t14-,15-,16?,17?,18+,19?,21-,22?/m1/s1. The van der Waals surface area contributed by atoms with Gasteiger partial charge in [-0.05, 0) is 42.5 Å². The lowest BCUT2D eigenvalue weighted by molar-refractivity contribution is -0.158. The molecule has 0 bridgehead atoms. The minimum Gasteiger partial charge on any atom is -0.477 e. The first kappa shape index (κ1) is 30.0. The SMILES string of the molecule is C[C@H]1C(SC2CN[C@H](C(=O)N3CCC4CN(CCN)CCC43)C2)=C(C(=O)O)N2C(=O)[C@H]([C@@H](C)NC(=O)Cn3cnnn3)C12. The van der Waals surface area contributed by atoms with Gasteiger partial charge in [-0.25, -0.2) is 9.48 Å². The average Bonchev–Trinajstić information content (AvgIpc) is 3.76. The first-order chi connectivity index (χ1) is 20.7. The van der Waals surface area contributed by atoms with Gasteiger partial charge in [-0.2, -0.15) is 0 Å². The Morgan fingerprint density at radius 2 is 2.09 bits per heavy atom. The number of nitrogens with two attached hydrogens (primary N) is 1. The highest BCUT2D eigenvalue weighted by Gasteiger charge is 2.60. The summed E-state index contributed by atoms with van der Waals surface area (Å²) in [6.07, 6.45) is 3.91. The average molecular weight is 617 g/mol. The summed E-state index contributed by atoms with van der Waals surface area (Å²) in [6, 6.07) is -0.886. The quantitative estimate of drug-likeness (QED) is 0.218. The number of carboxylic acid groups (broad SMARTS) is 1. The van der Waals surface area contributed by atoms with Crippen LogP contribution >= 0.6 is 11.8 Å². The number of carbonyl (C=O) groups is 4. The van der Waals surface area contributed by atoms with Gasteiger partial charge in [0.2, 0.25) is 17.7 Å². The monoisotopic (exact) mass is 616 g/mol. The number of hydrogen-bond acceptors (Lipinski definition) is 11. The van der Waals surface area contributed by atoms with Crippen molar-refractivity contribution >= 4 is 35.5 Å². The molecule has 43 heavy (non-hydrogen) atoms. The van der Waals surface area contributed by atoms with Gasteiger partial charge in [0.05, 0.1) is 18.0 Å². The lowest BCUT2D eigenvalue weighted by atomic mass is 9.78. The molecule has 6 heterocycles. The van der Waals surface area contributed by atoms with E-state index in [2.05, 4.69) is 36.0 Å². The second-order valence-electron chi connectivity index (χ2n) is 12.4. The van der Waals surface area contributed by atoms with Gasteiger partial charge >= 0.3 is 5.97 Å². The lowest BCUT2D eigenvalue weighted by Gasteiger charge is -2.47. The minimum absolute atomic E-state index is 0.00576. The molecule has 0 aromatic carbocycles. The smallest absolute Gasteiger partial charge is 0.353 e. The topological polar surface area (TPSA) is 192 Å². The number of nitrogens with zero attached hydrogens (tertiary/aromatic N) is 7. The Morgan fingerprint density at radius 3 is 2.81 bits per heavy atom. The Labute approximate surface area is 253 Å². The van der Waals surface area contributed by atoms with Crippen LogP contribution in [0.4, 0.5) is 0 Å². The van der Waals surface area contributed by atoms with E-state index >= 15 is 0 Å². The molecule has 5 aliphatic rings. The van der Waals surface area contributed by atoms with Crippen LogP contribution in [0.25, 0.3) is 0 Å². The number of aliphatic carboxylic acids is 1. The second kappa shape index (κ2) is 12.1. The van der Waals surface area contributed by atoms with Crippen LogP contribution in [0.3, 0.4) is 0 Å². The number of amides is 3. The maximum atomic E-state index is 13.6. The molecule has 1 aromatic rings. The summed E-state index contributed by atoms with van der Waals surface area (Å²) < 4.78 is 1.29. The van der Waals surface area contributed by atoms with Crippen LogP contribution in [-0.4, -0.2) is 132 Å². The Morgan fingerprint density at radius 1 is 1.28 bits per heavy atom. The third-order valence-electron chi connectivity index (χ3n) is 9.75. The molecule has 16 heteroatoms. The van der Waals surface area contributed by atoms with Gasteiger partial charge in [-0.1, -0.05) is 6.92 Å². The predicted molar refractivity (Wildman–Crippen MR) is 155 cm³/mol. The molecular formula is C27H40N10O5S. The largest absolute Gasteiger partial charge is 0.477 e. The second-order valence-corrected chi connectivity index (χ2v) is 13.7. The third kappa shape index (κ3) is 5.53. The van der Waals surface area contributed by atoms with Crippen molar-refractivity contribution in [1.29, 1.82) is 0 Å². The van der Waals surface area contributed by atoms with Gasteiger partial charge in [0.1, 0.15) is 18.6 Å². The van der Waals surface area contributed by atoms with E-state index in [4.69, 9.17) is 5.73 Å². The van der Waals surface area contributed by atoms with Gasteiger partial charge < -0.3 is 36.2 Å². The van der Waals surface area contributed by atoms with Gasteiger partial charge in [0.15, 0.2) is 0 Å². The molecule has 234 valence electrons. The summed E-state index contributed by atoms with van der Waals surface area (Å²) in [6.45, 7) is 8.48. The van der Waals surface area contributed by atoms with Crippen molar-refractivity contribution < 1.29 is 24.3 Å². The van der Waals surface area contributed by atoms with E-state index < -0.39 is 17.9 Å². The highest BCUT2D eigenvalue weighted by atomic mass is 32.2. The summed E-state index contributed by atoms with van der Waals surface area (Å²) >= 11 is 1.47. The van der Waals surface area contributed by atoms with Crippen LogP contribution in [0.5, 0.6) is 0 Å². The zero-order valence-corrected chi connectivity index (χ0v) is 25.3. The molecule has 8 atom stereocenters. The molecule has 4 saturated heterocycles. The fourth-order valence-corrected chi connectivity index (χ4v) is 9.24. The zero-order valence-electron chi connectivity index (χ0n) is 24.5. The molecule has 5 aliphatic heterocycles. The Bertz CT molecular complexity index is 1290. The highest BCUT2D eigenvalue weighted by molar-refractivity contribution is 8.03. The number of β-lactam (4-membered cyclic amide) rings is 1. The van der Waals surface area contributed by atoms with Crippen molar-refractivity contribution in [3.8, 4) is 0 Å². The molecule has 0 spiro atoms. The van der Waals surface area contributed by atoms with E-state index in [0.29, 0.717) is 30.3 Å². The summed E-state index contributed by atoms with van der Waals surface area (Å²) in [5, 5.41) is 27.1. The van der Waals surface area contributed by atoms with Gasteiger partial charge in [0.25, 0.3) is 0 Å². The summed E-state index contributed by atoms with van der Waals surface area (Å²) in [5.41, 5.74) is 5.78. The molecular weight excluding hydrogens is 576 g/mol. The van der Waals surface area contributed by atoms with Gasteiger partial charge in [-0.15, -0.1) is 16.9 Å². The maximum Gasteiger partial charge on any atom is 0.353 e. The molecule has 5 N–H and O–H groups in total. The van der Waals surface area contributed by atoms with Crippen LogP contribution in [-0.2, 0) is 25.7 Å². The highest BCUT2D eigenvalue weighted by Crippen LogP contribution is 2.52. The molecule has 4 unspecified atom stereocenters. The molecule has 0 aliphatic carbocycles. The van der Waals surface area contributed by atoms with E-state index in [1.54, 1.807) is 6.92 Å². The van der Waals surface area contributed by atoms with Crippen molar-refractivity contribution in [1.82, 2.24) is 45.5 Å². The Balaban J connectivity index is 1.07. The number of tetrazole rings is 1. The number of hydrogen-bond donors (Lipinski definition) is 4. The molecule has 3 amide bonds. The molecule has 4 fully saturated rings. The molecule has 0 radical (unpaired) electrons. The summed E-state index contributed by atoms with van der Waals surface area (Å²) in [4.78, 5) is 58.3. The number of aromatic nitrogens is 4. The number of fused-ring (bicyclic) bond motifs is 2. The van der Waals surface area contributed by atoms with Crippen LogP contribution in [0, 0.1) is 17.8 Å². The van der Waals surface area contributed by atoms with Crippen molar-refractivity contribution in [2.45, 2.75) is 69.1 Å². The van der Waals surface area contributed by atoms with Crippen LogP contribution in [0.2, 0.25) is 0 Å². The first-order valence-corrected chi connectivity index (χ1v) is 16.0. The number of rotatable bonds is 10. The number of nitrogens with one attached hydrogen (secondary N) is 2. The van der Waals surface area contributed by atoms with Crippen LogP contribution in [0.1, 0.15) is 33.1 Å². The Hall–Kier alpha value is -3.08. The van der Waals surface area contributed by atoms with Crippen molar-refractivity contribution in [2.75, 3.05) is 39.3 Å². The van der Waals surface area contributed by atoms with E-state index in [1.807, 2.05) is 6.92 Å². The summed E-state index contributed by atoms with van der Waals surface area (Å²) in [5.74, 6) is -1.92. The molecule has 1 aromatic heterocycles. The zero-order chi connectivity index (χ0) is 30.4. The Kier molecular flexibility index (Phi) is 8.45. The maximum absolute atomic E-state index is 13.6. The number of piperidine rings is 1. The van der Waals surface area contributed by atoms with E-state index in [9.17, 15) is 24.3 Å². The summed E-state index contributed by atoms with van der Waals surface area (Å²) in [7, 11) is 0. The number of carbonyl (C=O) groups excluding carboxylic acids is 3.